The molecule has 4 nitrogen and oxygen atoms in total. The Morgan fingerprint density at radius 1 is 1.56 bits per heavy atom. The first-order chi connectivity index (χ1) is 7.35. The Labute approximate surface area is 95.9 Å². The van der Waals surface area contributed by atoms with Crippen molar-refractivity contribution >= 4 is 5.91 Å². The first-order valence-corrected chi connectivity index (χ1v) is 5.72. The number of carbonyl (C=O) groups is 1. The largest absolute Gasteiger partial charge is 0.365 e. The van der Waals surface area contributed by atoms with Crippen LogP contribution < -0.4 is 0 Å². The Bertz CT molecular complexity index is 332. The van der Waals surface area contributed by atoms with Crippen LogP contribution in [0.1, 0.15) is 33.6 Å². The summed E-state index contributed by atoms with van der Waals surface area (Å²) in [5, 5.41) is 9.37. The molecule has 90 valence electrons. The minimum Gasteiger partial charge on any atom is -0.365 e. The van der Waals surface area contributed by atoms with E-state index in [1.165, 1.54) is 0 Å². The Kier molecular flexibility index (Phi) is 2.59. The molecular formula is C12H19NO3. The van der Waals surface area contributed by atoms with Crippen molar-refractivity contribution in [3.8, 4) is 0 Å². The van der Waals surface area contributed by atoms with E-state index in [0.717, 1.165) is 13.0 Å². The molecule has 2 atom stereocenters. The number of aliphatic hydroxyl groups is 1. The van der Waals surface area contributed by atoms with Crippen LogP contribution in [0.15, 0.2) is 12.2 Å². The van der Waals surface area contributed by atoms with Gasteiger partial charge in [-0.05, 0) is 45.8 Å². The highest BCUT2D eigenvalue weighted by Gasteiger charge is 2.49. The molecule has 1 fully saturated rings. The fraction of sp³-hybridized carbons (Fsp3) is 0.750. The van der Waals surface area contributed by atoms with Crippen LogP contribution in [-0.4, -0.2) is 39.9 Å². The number of likely N-dealkylation sites (tertiary alicyclic amines) is 1. The van der Waals surface area contributed by atoms with E-state index in [1.807, 2.05) is 25.7 Å². The van der Waals surface area contributed by atoms with Gasteiger partial charge in [-0.1, -0.05) is 0 Å². The third-order valence-electron chi connectivity index (χ3n) is 3.21. The molecule has 0 aromatic heterocycles. The van der Waals surface area contributed by atoms with Crippen LogP contribution in [-0.2, 0) is 9.53 Å². The topological polar surface area (TPSA) is 49.8 Å². The van der Waals surface area contributed by atoms with Crippen LogP contribution in [0.25, 0.3) is 0 Å². The van der Waals surface area contributed by atoms with Crippen molar-refractivity contribution in [2.75, 3.05) is 6.54 Å². The van der Waals surface area contributed by atoms with Gasteiger partial charge in [-0.25, -0.2) is 0 Å². The summed E-state index contributed by atoms with van der Waals surface area (Å²) in [6.07, 6.45) is 3.87. The molecule has 2 unspecified atom stereocenters. The van der Waals surface area contributed by atoms with Crippen molar-refractivity contribution < 1.29 is 14.6 Å². The van der Waals surface area contributed by atoms with Crippen molar-refractivity contribution in [3.05, 3.63) is 12.2 Å². The molecule has 2 aliphatic rings. The minimum atomic E-state index is -0.941. The van der Waals surface area contributed by atoms with Crippen molar-refractivity contribution in [1.29, 1.82) is 0 Å². The summed E-state index contributed by atoms with van der Waals surface area (Å²) in [6, 6.07) is 0. The lowest BCUT2D eigenvalue weighted by Gasteiger charge is -2.44. The third-order valence-corrected chi connectivity index (χ3v) is 3.21. The van der Waals surface area contributed by atoms with E-state index in [1.54, 1.807) is 12.2 Å². The van der Waals surface area contributed by atoms with E-state index in [9.17, 15) is 9.90 Å². The number of nitrogens with zero attached hydrogens (tertiary/aromatic N) is 1. The second kappa shape index (κ2) is 3.57. The normalized spacial score (nSPS) is 35.1. The highest BCUT2D eigenvalue weighted by Crippen LogP contribution is 2.35. The average Bonchev–Trinajstić information content (AvgIpc) is 2.52. The number of hydrogen-bond acceptors (Lipinski definition) is 3. The molecule has 0 aromatic carbocycles. The standard InChI is InChI=1S/C12H19NO3/c1-11(2,3)13-8-4-6-12(10(13)15)7-5-9(14)16-12/h5,7,9,14H,4,6,8H2,1-3H3. The van der Waals surface area contributed by atoms with Crippen LogP contribution in [0.4, 0.5) is 0 Å². The van der Waals surface area contributed by atoms with Crippen molar-refractivity contribution in [3.63, 3.8) is 0 Å². The second-order valence-corrected chi connectivity index (χ2v) is 5.49. The fourth-order valence-electron chi connectivity index (χ4n) is 2.37. The Balaban J connectivity index is 2.25. The zero-order valence-electron chi connectivity index (χ0n) is 10.1. The van der Waals surface area contributed by atoms with E-state index in [0.29, 0.717) is 6.42 Å². The molecule has 4 heteroatoms. The summed E-state index contributed by atoms with van der Waals surface area (Å²) in [7, 11) is 0. The molecule has 16 heavy (non-hydrogen) atoms. The number of rotatable bonds is 0. The molecule has 2 heterocycles. The molecule has 0 aliphatic carbocycles. The molecule has 1 amide bonds. The lowest BCUT2D eigenvalue weighted by molar-refractivity contribution is -0.181. The van der Waals surface area contributed by atoms with Crippen molar-refractivity contribution in [2.24, 2.45) is 0 Å². The highest BCUT2D eigenvalue weighted by atomic mass is 16.6. The average molecular weight is 225 g/mol. The lowest BCUT2D eigenvalue weighted by Crippen LogP contribution is -2.59. The van der Waals surface area contributed by atoms with E-state index in [4.69, 9.17) is 4.74 Å². The molecule has 2 aliphatic heterocycles. The summed E-state index contributed by atoms with van der Waals surface area (Å²) in [6.45, 7) is 6.80. The summed E-state index contributed by atoms with van der Waals surface area (Å²) < 4.78 is 5.38. The number of ether oxygens (including phenoxy) is 1. The number of carbonyl (C=O) groups excluding carboxylic acids is 1. The molecule has 0 saturated carbocycles. The van der Waals surface area contributed by atoms with Gasteiger partial charge >= 0.3 is 0 Å². The Morgan fingerprint density at radius 2 is 2.25 bits per heavy atom. The summed E-state index contributed by atoms with van der Waals surface area (Å²) >= 11 is 0. The van der Waals surface area contributed by atoms with Gasteiger partial charge in [0.15, 0.2) is 11.9 Å². The Morgan fingerprint density at radius 3 is 2.75 bits per heavy atom. The predicted molar refractivity (Wildman–Crippen MR) is 59.7 cm³/mol. The van der Waals surface area contributed by atoms with Crippen LogP contribution in [0.5, 0.6) is 0 Å². The van der Waals surface area contributed by atoms with Crippen LogP contribution in [0.2, 0.25) is 0 Å². The van der Waals surface area contributed by atoms with Crippen LogP contribution >= 0.6 is 0 Å². The van der Waals surface area contributed by atoms with E-state index < -0.39 is 11.9 Å². The number of amides is 1. The zero-order chi connectivity index (χ0) is 12.0. The lowest BCUT2D eigenvalue weighted by atomic mass is 9.89. The van der Waals surface area contributed by atoms with Crippen molar-refractivity contribution in [1.82, 2.24) is 4.90 Å². The van der Waals surface area contributed by atoms with Gasteiger partial charge in [-0.3, -0.25) is 4.79 Å². The first kappa shape index (κ1) is 11.6. The van der Waals surface area contributed by atoms with Crippen molar-refractivity contribution in [2.45, 2.75) is 51.0 Å². The van der Waals surface area contributed by atoms with E-state index in [2.05, 4.69) is 0 Å². The summed E-state index contributed by atoms with van der Waals surface area (Å²) in [5.74, 6) is -0.0287. The molecule has 0 radical (unpaired) electrons. The van der Waals surface area contributed by atoms with Gasteiger partial charge in [0.2, 0.25) is 0 Å². The van der Waals surface area contributed by atoms with Gasteiger partial charge in [0.1, 0.15) is 0 Å². The maximum atomic E-state index is 12.4. The maximum Gasteiger partial charge on any atom is 0.259 e. The molecular weight excluding hydrogens is 206 g/mol. The fourth-order valence-corrected chi connectivity index (χ4v) is 2.37. The molecule has 2 rings (SSSR count). The highest BCUT2D eigenvalue weighted by molar-refractivity contribution is 5.89. The zero-order valence-corrected chi connectivity index (χ0v) is 10.1. The number of hydrogen-bond donors (Lipinski definition) is 1. The van der Waals surface area contributed by atoms with Gasteiger partial charge in [0.25, 0.3) is 5.91 Å². The van der Waals surface area contributed by atoms with Gasteiger partial charge < -0.3 is 14.7 Å². The minimum absolute atomic E-state index is 0.0287. The molecule has 1 saturated heterocycles. The number of piperidine rings is 1. The van der Waals surface area contributed by atoms with Crippen LogP contribution in [0, 0.1) is 0 Å². The van der Waals surface area contributed by atoms with Gasteiger partial charge in [0.05, 0.1) is 0 Å². The van der Waals surface area contributed by atoms with Crippen LogP contribution in [0.3, 0.4) is 0 Å². The van der Waals surface area contributed by atoms with E-state index in [-0.39, 0.29) is 11.4 Å². The molecule has 0 bridgehead atoms. The smallest absolute Gasteiger partial charge is 0.259 e. The predicted octanol–water partition coefficient (Wildman–Crippen LogP) is 1.05. The van der Waals surface area contributed by atoms with Gasteiger partial charge in [0, 0.05) is 12.1 Å². The maximum absolute atomic E-state index is 12.4. The quantitative estimate of drug-likeness (QED) is 0.627. The Hall–Kier alpha value is -0.870. The number of aliphatic hydroxyl groups excluding tert-OH is 1. The third kappa shape index (κ3) is 1.76. The SMILES string of the molecule is CC(C)(C)N1CCCC2(C=CC(O)O2)C1=O. The van der Waals surface area contributed by atoms with Gasteiger partial charge in [-0.2, -0.15) is 0 Å². The first-order valence-electron chi connectivity index (χ1n) is 5.72. The summed E-state index contributed by atoms with van der Waals surface area (Å²) in [4.78, 5) is 14.2. The van der Waals surface area contributed by atoms with E-state index >= 15 is 0 Å². The molecule has 1 N–H and O–H groups in total. The molecule has 1 spiro atoms. The second-order valence-electron chi connectivity index (χ2n) is 5.49. The summed E-state index contributed by atoms with van der Waals surface area (Å²) in [5.41, 5.74) is -1.11. The molecule has 0 aromatic rings. The monoisotopic (exact) mass is 225 g/mol. The van der Waals surface area contributed by atoms with Gasteiger partial charge in [-0.15, -0.1) is 0 Å².